The van der Waals surface area contributed by atoms with Gasteiger partial charge in [0.25, 0.3) is 0 Å². The molecule has 9 nitrogen and oxygen atoms in total. The molecule has 1 aliphatic rings. The van der Waals surface area contributed by atoms with Crippen molar-refractivity contribution in [3.63, 3.8) is 0 Å². The van der Waals surface area contributed by atoms with Gasteiger partial charge < -0.3 is 35.1 Å². The van der Waals surface area contributed by atoms with Gasteiger partial charge in [-0.15, -0.1) is 0 Å². The highest BCUT2D eigenvalue weighted by atomic mass is 16.3. The molecular weight excluding hydrogens is 550 g/mol. The van der Waals surface area contributed by atoms with Gasteiger partial charge in [0.2, 0.25) is 0 Å². The maximum absolute atomic E-state index is 12.0. The molecule has 6 aromatic rings. The maximum atomic E-state index is 12.0. The number of aromatic nitrogens is 4. The summed E-state index contributed by atoms with van der Waals surface area (Å²) in [6, 6.07) is 19.5. The van der Waals surface area contributed by atoms with E-state index in [1.165, 1.54) is 22.0 Å². The Kier molecular flexibility index (Phi) is 7.51. The highest BCUT2D eigenvalue weighted by Crippen LogP contribution is 2.42. The smallest absolute Gasteiger partial charge is 0.141 e. The molecule has 9 heteroatoms. The molecule has 3 aromatic heterocycles. The number of hydrogen-bond acceptors (Lipinski definition) is 6. The van der Waals surface area contributed by atoms with Gasteiger partial charge in [-0.25, -0.2) is 4.98 Å². The van der Waals surface area contributed by atoms with Crippen LogP contribution in [-0.2, 0) is 37.9 Å². The summed E-state index contributed by atoms with van der Waals surface area (Å²) in [7, 11) is 1.99. The average Bonchev–Trinajstić information content (AvgIpc) is 3.79. The van der Waals surface area contributed by atoms with Crippen LogP contribution in [0.15, 0.2) is 79.4 Å². The fourth-order valence-corrected chi connectivity index (χ4v) is 6.70. The number of carbonyl (C=O) groups excluding carboxylic acids is 1. The molecule has 0 saturated carbocycles. The third kappa shape index (κ3) is 5.19. The van der Waals surface area contributed by atoms with Crippen LogP contribution in [0, 0.1) is 0 Å². The summed E-state index contributed by atoms with van der Waals surface area (Å²) >= 11 is 0. The number of nitrogens with two attached hydrogens (primary N) is 1. The second-order valence-electron chi connectivity index (χ2n) is 11.7. The Balaban J connectivity index is 1.17. The summed E-state index contributed by atoms with van der Waals surface area (Å²) in [6.07, 6.45) is 8.98. The van der Waals surface area contributed by atoms with E-state index in [1.54, 1.807) is 12.1 Å². The fourth-order valence-electron chi connectivity index (χ4n) is 6.70. The van der Waals surface area contributed by atoms with Crippen LogP contribution < -0.4 is 16.4 Å². The molecule has 0 aliphatic carbocycles. The number of aryl methyl sites for hydroxylation is 2. The number of carbonyl (C=O) groups is 1. The summed E-state index contributed by atoms with van der Waals surface area (Å²) in [5.74, 6) is 0.191. The lowest BCUT2D eigenvalue weighted by molar-refractivity contribution is -0.109. The Morgan fingerprint density at radius 1 is 1.05 bits per heavy atom. The highest BCUT2D eigenvalue weighted by Gasteiger charge is 2.34. The van der Waals surface area contributed by atoms with E-state index in [2.05, 4.69) is 67.9 Å². The number of rotatable bonds is 11. The number of nitrogens with zero attached hydrogens (tertiary/aromatic N) is 3. The molecule has 4 heterocycles. The monoisotopic (exact) mass is 587 g/mol. The molecule has 6 N–H and O–H groups in total. The Bertz CT molecular complexity index is 1970. The van der Waals surface area contributed by atoms with Crippen molar-refractivity contribution in [2.75, 3.05) is 6.54 Å². The number of phenolic OH excluding ortho intramolecular Hbond substituents is 1. The molecule has 0 bridgehead atoms. The van der Waals surface area contributed by atoms with Crippen molar-refractivity contribution >= 4 is 28.1 Å². The predicted octanol–water partition coefficient (Wildman–Crippen LogP) is 4.72. The number of nitrogens with one attached hydrogen (secondary N) is 3. The minimum atomic E-state index is -0.422. The topological polar surface area (TPSA) is 126 Å². The van der Waals surface area contributed by atoms with E-state index < -0.39 is 6.04 Å². The second-order valence-corrected chi connectivity index (χ2v) is 11.7. The zero-order valence-corrected chi connectivity index (χ0v) is 24.8. The molecule has 2 unspecified atom stereocenters. The highest BCUT2D eigenvalue weighted by molar-refractivity contribution is 5.87. The molecule has 44 heavy (non-hydrogen) atoms. The van der Waals surface area contributed by atoms with E-state index in [0.717, 1.165) is 58.1 Å². The molecule has 224 valence electrons. The number of para-hydroxylation sites is 1. The van der Waals surface area contributed by atoms with E-state index in [4.69, 9.17) is 5.73 Å². The van der Waals surface area contributed by atoms with Crippen molar-refractivity contribution < 1.29 is 9.90 Å². The van der Waals surface area contributed by atoms with Crippen LogP contribution in [-0.4, -0.2) is 37.0 Å². The number of imidazole rings is 1. The van der Waals surface area contributed by atoms with Gasteiger partial charge >= 0.3 is 0 Å². The SMILES string of the molecule is Cn1cnc(Cn2cc(CCCN)c3ccc(CNCc4[nH]c5ccccc5c4C4NC(C=O)c5ccc(O)cc54)cc32)c1. The Hall–Kier alpha value is -4.70. The lowest BCUT2D eigenvalue weighted by atomic mass is 9.95. The Morgan fingerprint density at radius 2 is 1.93 bits per heavy atom. The summed E-state index contributed by atoms with van der Waals surface area (Å²) < 4.78 is 4.27. The molecule has 2 atom stereocenters. The minimum Gasteiger partial charge on any atom is -0.508 e. The number of phenols is 1. The number of benzene rings is 3. The van der Waals surface area contributed by atoms with Gasteiger partial charge in [-0.2, -0.15) is 0 Å². The quantitative estimate of drug-likeness (QED) is 0.140. The number of fused-ring (bicyclic) bond motifs is 3. The number of aromatic hydroxyl groups is 1. The lowest BCUT2D eigenvalue weighted by Gasteiger charge is -2.16. The molecule has 1 aliphatic heterocycles. The molecular formula is C35H37N7O2. The van der Waals surface area contributed by atoms with Gasteiger partial charge in [0.1, 0.15) is 12.0 Å². The third-order valence-electron chi connectivity index (χ3n) is 8.72. The predicted molar refractivity (Wildman–Crippen MR) is 172 cm³/mol. The van der Waals surface area contributed by atoms with E-state index in [1.807, 2.05) is 36.1 Å². The molecule has 3 aromatic carbocycles. The normalized spacial score (nSPS) is 16.2. The van der Waals surface area contributed by atoms with Crippen molar-refractivity contribution in [2.45, 2.75) is 44.6 Å². The van der Waals surface area contributed by atoms with Crippen molar-refractivity contribution in [3.8, 4) is 5.75 Å². The molecule has 0 radical (unpaired) electrons. The van der Waals surface area contributed by atoms with Crippen LogP contribution in [0.5, 0.6) is 5.75 Å². The van der Waals surface area contributed by atoms with E-state index in [9.17, 15) is 9.90 Å². The average molecular weight is 588 g/mol. The van der Waals surface area contributed by atoms with Crippen LogP contribution in [0.1, 0.15) is 57.7 Å². The van der Waals surface area contributed by atoms with Crippen LogP contribution in [0.4, 0.5) is 0 Å². The first-order chi connectivity index (χ1) is 21.5. The lowest BCUT2D eigenvalue weighted by Crippen LogP contribution is -2.22. The molecule has 0 amide bonds. The first kappa shape index (κ1) is 28.1. The first-order valence-electron chi connectivity index (χ1n) is 15.1. The summed E-state index contributed by atoms with van der Waals surface area (Å²) in [4.78, 5) is 20.1. The zero-order valence-electron chi connectivity index (χ0n) is 24.8. The van der Waals surface area contributed by atoms with Crippen LogP contribution >= 0.6 is 0 Å². The molecule has 0 spiro atoms. The summed E-state index contributed by atoms with van der Waals surface area (Å²) in [5.41, 5.74) is 15.6. The number of aromatic amines is 1. The minimum absolute atomic E-state index is 0.191. The second kappa shape index (κ2) is 11.8. The Labute approximate surface area is 255 Å². The van der Waals surface area contributed by atoms with Crippen molar-refractivity contribution in [1.29, 1.82) is 0 Å². The van der Waals surface area contributed by atoms with E-state index in [0.29, 0.717) is 26.2 Å². The Morgan fingerprint density at radius 3 is 2.75 bits per heavy atom. The van der Waals surface area contributed by atoms with Crippen molar-refractivity contribution in [1.82, 2.24) is 29.7 Å². The van der Waals surface area contributed by atoms with Crippen molar-refractivity contribution in [3.05, 3.63) is 119 Å². The van der Waals surface area contributed by atoms with Crippen LogP contribution in [0.3, 0.4) is 0 Å². The molecule has 7 rings (SSSR count). The van der Waals surface area contributed by atoms with Gasteiger partial charge in [0, 0.05) is 65.6 Å². The maximum Gasteiger partial charge on any atom is 0.141 e. The van der Waals surface area contributed by atoms with Gasteiger partial charge in [-0.3, -0.25) is 5.32 Å². The van der Waals surface area contributed by atoms with E-state index in [-0.39, 0.29) is 11.8 Å². The standard InChI is InChI=1S/C35H37N7O2/c1-41-18-24(38-21-41)19-42-17-23(5-4-12-36)26-10-8-22(13-33(26)42)15-37-16-31-34(28-6-2-3-7-30(28)39-31)35-29-14-25(44)9-11-27(29)32(20-43)40-35/h2-3,6-11,13-14,17-18,20-21,32,35,37,39-40,44H,4-5,12,15-16,19,36H2,1H3. The third-order valence-corrected chi connectivity index (χ3v) is 8.72. The van der Waals surface area contributed by atoms with Gasteiger partial charge in [0.05, 0.1) is 30.6 Å². The number of H-pyrrole nitrogens is 1. The summed E-state index contributed by atoms with van der Waals surface area (Å²) in [5, 5.41) is 19.8. The molecule has 0 fully saturated rings. The van der Waals surface area contributed by atoms with Gasteiger partial charge in [-0.1, -0.05) is 36.4 Å². The zero-order chi connectivity index (χ0) is 30.2. The summed E-state index contributed by atoms with van der Waals surface area (Å²) in [6.45, 7) is 2.67. The van der Waals surface area contributed by atoms with Crippen LogP contribution in [0.25, 0.3) is 21.8 Å². The van der Waals surface area contributed by atoms with Crippen LogP contribution in [0.2, 0.25) is 0 Å². The van der Waals surface area contributed by atoms with Gasteiger partial charge in [0.15, 0.2) is 0 Å². The number of hydrogen-bond donors (Lipinski definition) is 5. The number of aldehydes is 1. The van der Waals surface area contributed by atoms with E-state index >= 15 is 0 Å². The van der Waals surface area contributed by atoms with Gasteiger partial charge in [-0.05, 0) is 65.9 Å². The largest absolute Gasteiger partial charge is 0.508 e. The molecule has 0 saturated heterocycles. The van der Waals surface area contributed by atoms with Crippen molar-refractivity contribution in [2.24, 2.45) is 12.8 Å². The fraction of sp³-hybridized carbons (Fsp3) is 0.257. The first-order valence-corrected chi connectivity index (χ1v) is 15.1.